The molecule has 0 radical (unpaired) electrons. The summed E-state index contributed by atoms with van der Waals surface area (Å²) in [5.41, 5.74) is 1.37. The highest BCUT2D eigenvalue weighted by atomic mass is 32.1. The van der Waals surface area contributed by atoms with Gasteiger partial charge < -0.3 is 20.0 Å². The molecule has 1 amide bonds. The molecular weight excluding hydrogens is 354 g/mol. The van der Waals surface area contributed by atoms with Crippen molar-refractivity contribution >= 4 is 34.2 Å². The van der Waals surface area contributed by atoms with Gasteiger partial charge in [-0.05, 0) is 43.6 Å². The highest BCUT2D eigenvalue weighted by Crippen LogP contribution is 2.40. The lowest BCUT2D eigenvalue weighted by atomic mass is 9.82. The Morgan fingerprint density at radius 2 is 1.92 bits per heavy atom. The molecule has 26 heavy (non-hydrogen) atoms. The first kappa shape index (κ1) is 18.6. The number of hydrogen-bond donors (Lipinski definition) is 1. The van der Waals surface area contributed by atoms with Crippen molar-refractivity contribution in [2.45, 2.75) is 39.0 Å². The Labute approximate surface area is 156 Å². The predicted molar refractivity (Wildman–Crippen MR) is 95.8 cm³/mol. The zero-order chi connectivity index (χ0) is 18.8. The largest absolute Gasteiger partial charge is 0.550 e. The van der Waals surface area contributed by atoms with Crippen molar-refractivity contribution < 1.29 is 24.2 Å². The van der Waals surface area contributed by atoms with E-state index in [2.05, 4.69) is 12.2 Å². The Hall–Kier alpha value is -2.15. The minimum atomic E-state index is -1.22. The minimum Gasteiger partial charge on any atom is -0.550 e. The van der Waals surface area contributed by atoms with Crippen molar-refractivity contribution in [3.8, 4) is 0 Å². The Kier molecular flexibility index (Phi) is 5.46. The van der Waals surface area contributed by atoms with Crippen LogP contribution in [0.1, 0.15) is 47.0 Å². The fourth-order valence-corrected chi connectivity index (χ4v) is 5.13. The molecule has 0 saturated carbocycles. The van der Waals surface area contributed by atoms with E-state index in [-0.39, 0.29) is 12.3 Å². The first-order chi connectivity index (χ1) is 12.4. The number of anilines is 1. The first-order valence-corrected chi connectivity index (χ1v) is 9.63. The number of nitrogens with one attached hydrogen (secondary N) is 1. The summed E-state index contributed by atoms with van der Waals surface area (Å²) < 4.78 is 4.92. The van der Waals surface area contributed by atoms with Gasteiger partial charge in [-0.15, -0.1) is 11.3 Å². The van der Waals surface area contributed by atoms with Crippen molar-refractivity contribution in [2.75, 3.05) is 12.4 Å². The molecule has 3 rings (SSSR count). The van der Waals surface area contributed by atoms with Crippen LogP contribution in [-0.4, -0.2) is 25.0 Å². The van der Waals surface area contributed by atoms with Crippen LogP contribution in [0.4, 0.5) is 5.00 Å². The summed E-state index contributed by atoms with van der Waals surface area (Å²) in [5, 5.41) is 14.6. The SMILES string of the molecule is COC(=O)c1c(NC(=O)[C@H]2CC=CC[C@@H]2C(=O)[O-])sc2c1CC[C@@H](C)C2. The third kappa shape index (κ3) is 3.53. The van der Waals surface area contributed by atoms with E-state index < -0.39 is 23.8 Å². The van der Waals surface area contributed by atoms with Crippen LogP contribution in [0, 0.1) is 17.8 Å². The van der Waals surface area contributed by atoms with Crippen molar-refractivity contribution in [1.82, 2.24) is 0 Å². The van der Waals surface area contributed by atoms with Gasteiger partial charge in [0.15, 0.2) is 0 Å². The molecule has 0 fully saturated rings. The lowest BCUT2D eigenvalue weighted by Gasteiger charge is -2.28. The van der Waals surface area contributed by atoms with Crippen molar-refractivity contribution in [3.63, 3.8) is 0 Å². The van der Waals surface area contributed by atoms with Gasteiger partial charge >= 0.3 is 5.97 Å². The third-order valence-electron chi connectivity index (χ3n) is 5.21. The Morgan fingerprint density at radius 3 is 2.58 bits per heavy atom. The molecule has 0 saturated heterocycles. The van der Waals surface area contributed by atoms with E-state index in [0.29, 0.717) is 22.9 Å². The van der Waals surface area contributed by atoms with E-state index in [1.165, 1.54) is 18.4 Å². The quantitative estimate of drug-likeness (QED) is 0.640. The number of fused-ring (bicyclic) bond motifs is 1. The molecule has 0 unspecified atom stereocenters. The van der Waals surface area contributed by atoms with Crippen LogP contribution < -0.4 is 10.4 Å². The van der Waals surface area contributed by atoms with Gasteiger partial charge in [-0.2, -0.15) is 0 Å². The van der Waals surface area contributed by atoms with Gasteiger partial charge in [0.05, 0.1) is 18.6 Å². The highest BCUT2D eigenvalue weighted by molar-refractivity contribution is 7.17. The number of esters is 1. The van der Waals surface area contributed by atoms with E-state index >= 15 is 0 Å². The number of allylic oxidation sites excluding steroid dienone is 2. The summed E-state index contributed by atoms with van der Waals surface area (Å²) in [7, 11) is 1.32. The smallest absolute Gasteiger partial charge is 0.341 e. The van der Waals surface area contributed by atoms with E-state index in [1.54, 1.807) is 6.08 Å². The number of carbonyl (C=O) groups excluding carboxylic acids is 3. The second-order valence-electron chi connectivity index (χ2n) is 7.01. The van der Waals surface area contributed by atoms with E-state index in [9.17, 15) is 19.5 Å². The van der Waals surface area contributed by atoms with Gasteiger partial charge in [0, 0.05) is 16.8 Å². The molecule has 140 valence electrons. The molecule has 7 heteroatoms. The number of rotatable bonds is 4. The molecule has 1 N–H and O–H groups in total. The van der Waals surface area contributed by atoms with Gasteiger partial charge in [-0.1, -0.05) is 19.1 Å². The van der Waals surface area contributed by atoms with Gasteiger partial charge in [-0.25, -0.2) is 4.79 Å². The number of aliphatic carboxylic acids is 1. The fraction of sp³-hybridized carbons (Fsp3) is 0.526. The van der Waals surface area contributed by atoms with Crippen molar-refractivity contribution in [3.05, 3.63) is 28.2 Å². The summed E-state index contributed by atoms with van der Waals surface area (Å²) in [6, 6.07) is 0. The second kappa shape index (κ2) is 7.61. The number of thiophene rings is 1. The zero-order valence-electron chi connectivity index (χ0n) is 14.9. The molecule has 1 aromatic rings. The average Bonchev–Trinajstić information content (AvgIpc) is 2.97. The van der Waals surface area contributed by atoms with Gasteiger partial charge in [0.25, 0.3) is 0 Å². The van der Waals surface area contributed by atoms with Gasteiger partial charge in [-0.3, -0.25) is 4.79 Å². The first-order valence-electron chi connectivity index (χ1n) is 8.82. The molecule has 0 aliphatic heterocycles. The normalized spacial score (nSPS) is 24.6. The predicted octanol–water partition coefficient (Wildman–Crippen LogP) is 1.93. The van der Waals surface area contributed by atoms with E-state index in [1.807, 2.05) is 6.08 Å². The molecule has 0 aromatic carbocycles. The van der Waals surface area contributed by atoms with Crippen LogP contribution in [0.3, 0.4) is 0 Å². The number of ether oxygens (including phenoxy) is 1. The zero-order valence-corrected chi connectivity index (χ0v) is 15.7. The summed E-state index contributed by atoms with van der Waals surface area (Å²) in [5.74, 6) is -3.10. The Morgan fingerprint density at radius 1 is 1.23 bits per heavy atom. The van der Waals surface area contributed by atoms with Crippen LogP contribution in [-0.2, 0) is 27.2 Å². The number of hydrogen-bond acceptors (Lipinski definition) is 6. The molecular formula is C19H22NO5S-. The summed E-state index contributed by atoms with van der Waals surface area (Å²) >= 11 is 1.40. The van der Waals surface area contributed by atoms with Gasteiger partial charge in [0.2, 0.25) is 5.91 Å². The molecule has 6 nitrogen and oxygen atoms in total. The topological polar surface area (TPSA) is 95.5 Å². The van der Waals surface area contributed by atoms with Crippen LogP contribution in [0.5, 0.6) is 0 Å². The highest BCUT2D eigenvalue weighted by Gasteiger charge is 2.33. The van der Waals surface area contributed by atoms with Crippen LogP contribution in [0.25, 0.3) is 0 Å². The minimum absolute atomic E-state index is 0.280. The van der Waals surface area contributed by atoms with E-state index in [0.717, 1.165) is 29.7 Å². The number of carboxylic acids is 1. The van der Waals surface area contributed by atoms with Crippen LogP contribution >= 0.6 is 11.3 Å². The molecule has 3 atom stereocenters. The summed E-state index contributed by atoms with van der Waals surface area (Å²) in [6.45, 7) is 2.16. The van der Waals surface area contributed by atoms with Crippen LogP contribution in [0.15, 0.2) is 12.2 Å². The standard InChI is InChI=1S/C19H23NO5S/c1-10-7-8-13-14(9-10)26-17(15(13)19(24)25-2)20-16(21)11-5-3-4-6-12(11)18(22)23/h3-4,10-12H,5-9H2,1-2H3,(H,20,21)(H,22,23)/p-1/t10-,11+,12+/m1/s1. The molecule has 2 aliphatic rings. The maximum atomic E-state index is 12.7. The maximum absolute atomic E-state index is 12.7. The molecule has 1 aromatic heterocycles. The fourth-order valence-electron chi connectivity index (χ4n) is 3.73. The Bertz CT molecular complexity index is 766. The summed E-state index contributed by atoms with van der Waals surface area (Å²) in [6.07, 6.45) is 6.83. The molecule has 2 aliphatic carbocycles. The monoisotopic (exact) mass is 376 g/mol. The maximum Gasteiger partial charge on any atom is 0.341 e. The van der Waals surface area contributed by atoms with E-state index in [4.69, 9.17) is 4.74 Å². The number of methoxy groups -OCH3 is 1. The lowest BCUT2D eigenvalue weighted by Crippen LogP contribution is -2.41. The Balaban J connectivity index is 1.89. The summed E-state index contributed by atoms with van der Waals surface area (Å²) in [4.78, 5) is 37.5. The van der Waals surface area contributed by atoms with Crippen LogP contribution in [0.2, 0.25) is 0 Å². The third-order valence-corrected chi connectivity index (χ3v) is 6.38. The number of carbonyl (C=O) groups is 3. The molecule has 0 spiro atoms. The lowest BCUT2D eigenvalue weighted by molar-refractivity contribution is -0.313. The molecule has 1 heterocycles. The van der Waals surface area contributed by atoms with Crippen molar-refractivity contribution in [1.29, 1.82) is 0 Å². The van der Waals surface area contributed by atoms with Gasteiger partial charge in [0.1, 0.15) is 5.00 Å². The number of carboxylic acid groups (broad SMARTS) is 1. The average molecular weight is 376 g/mol. The van der Waals surface area contributed by atoms with Crippen molar-refractivity contribution in [2.24, 2.45) is 17.8 Å². The second-order valence-corrected chi connectivity index (χ2v) is 8.12. The molecule has 0 bridgehead atoms. The number of amides is 1.